The SMILES string of the molecule is CC(C)Sc1ccc2ccc(-c3nnc4ccc([C@@H](N5CCC(N)C5)C(F)(F)F)cn34)nc2c1.Cl. The molecule has 1 aromatic carbocycles. The highest BCUT2D eigenvalue weighted by Gasteiger charge is 2.46. The average Bonchev–Trinajstić information content (AvgIpc) is 3.38. The van der Waals surface area contributed by atoms with Crippen LogP contribution in [-0.2, 0) is 0 Å². The molecule has 1 fully saturated rings. The van der Waals surface area contributed by atoms with E-state index in [0.717, 1.165) is 15.8 Å². The van der Waals surface area contributed by atoms with E-state index < -0.39 is 12.2 Å². The minimum atomic E-state index is -4.43. The predicted molar refractivity (Wildman–Crippen MR) is 135 cm³/mol. The van der Waals surface area contributed by atoms with Crippen molar-refractivity contribution in [1.29, 1.82) is 0 Å². The second kappa shape index (κ2) is 9.93. The van der Waals surface area contributed by atoms with Crippen molar-refractivity contribution in [2.24, 2.45) is 5.73 Å². The van der Waals surface area contributed by atoms with Gasteiger partial charge in [0, 0.05) is 40.9 Å². The molecule has 35 heavy (non-hydrogen) atoms. The maximum Gasteiger partial charge on any atom is 0.408 e. The first-order valence-electron chi connectivity index (χ1n) is 11.2. The molecule has 0 radical (unpaired) electrons. The molecule has 5 rings (SSSR count). The summed E-state index contributed by atoms with van der Waals surface area (Å²) in [5.74, 6) is 0.403. The Hall–Kier alpha value is -2.40. The third-order valence-electron chi connectivity index (χ3n) is 5.94. The molecule has 1 aliphatic heterocycles. The lowest BCUT2D eigenvalue weighted by Crippen LogP contribution is -2.38. The Kier molecular flexibility index (Phi) is 7.28. The number of thioether (sulfide) groups is 1. The number of aromatic nitrogens is 4. The van der Waals surface area contributed by atoms with E-state index in [-0.39, 0.29) is 30.6 Å². The van der Waals surface area contributed by atoms with Gasteiger partial charge in [0.25, 0.3) is 0 Å². The quantitative estimate of drug-likeness (QED) is 0.349. The second-order valence-electron chi connectivity index (χ2n) is 8.92. The van der Waals surface area contributed by atoms with Crippen LogP contribution in [0.5, 0.6) is 0 Å². The zero-order valence-corrected chi connectivity index (χ0v) is 20.9. The highest BCUT2D eigenvalue weighted by molar-refractivity contribution is 7.99. The largest absolute Gasteiger partial charge is 0.408 e. The van der Waals surface area contributed by atoms with E-state index in [9.17, 15) is 13.2 Å². The van der Waals surface area contributed by atoms with Crippen molar-refractivity contribution in [2.75, 3.05) is 13.1 Å². The van der Waals surface area contributed by atoms with E-state index in [4.69, 9.17) is 10.7 Å². The fraction of sp³-hybridized carbons (Fsp3) is 0.375. The molecule has 1 unspecified atom stereocenters. The molecular weight excluding hydrogens is 497 g/mol. The lowest BCUT2D eigenvalue weighted by atomic mass is 10.1. The van der Waals surface area contributed by atoms with Gasteiger partial charge in [-0.05, 0) is 36.2 Å². The van der Waals surface area contributed by atoms with Gasteiger partial charge in [0.05, 0.1) is 5.52 Å². The van der Waals surface area contributed by atoms with E-state index in [1.807, 2.05) is 24.3 Å². The minimum absolute atomic E-state index is 0. The fourth-order valence-corrected chi connectivity index (χ4v) is 5.34. The Labute approximate surface area is 211 Å². The van der Waals surface area contributed by atoms with Crippen LogP contribution in [0.2, 0.25) is 0 Å². The van der Waals surface area contributed by atoms with Crippen LogP contribution in [0.4, 0.5) is 13.2 Å². The van der Waals surface area contributed by atoms with Crippen LogP contribution in [0, 0.1) is 0 Å². The van der Waals surface area contributed by atoms with E-state index in [1.165, 1.54) is 17.2 Å². The van der Waals surface area contributed by atoms with E-state index in [1.54, 1.807) is 22.2 Å². The molecule has 0 amide bonds. The summed E-state index contributed by atoms with van der Waals surface area (Å²) in [5, 5.41) is 9.82. The van der Waals surface area contributed by atoms with E-state index in [0.29, 0.717) is 35.4 Å². The summed E-state index contributed by atoms with van der Waals surface area (Å²) in [7, 11) is 0. The lowest BCUT2D eigenvalue weighted by molar-refractivity contribution is -0.183. The number of pyridine rings is 2. The number of alkyl halides is 3. The van der Waals surface area contributed by atoms with Gasteiger partial charge in [-0.1, -0.05) is 32.0 Å². The summed E-state index contributed by atoms with van der Waals surface area (Å²) in [6, 6.07) is 10.9. The Balaban J connectivity index is 0.00000289. The molecule has 0 spiro atoms. The van der Waals surface area contributed by atoms with Gasteiger partial charge in [-0.25, -0.2) is 4.98 Å². The number of rotatable bonds is 5. The summed E-state index contributed by atoms with van der Waals surface area (Å²) in [4.78, 5) is 7.27. The monoisotopic (exact) mass is 522 g/mol. The Morgan fingerprint density at radius 1 is 1.09 bits per heavy atom. The Bertz CT molecular complexity index is 1340. The number of likely N-dealkylation sites (tertiary alicyclic amines) is 1. The number of nitrogens with zero attached hydrogens (tertiary/aromatic N) is 5. The molecule has 0 bridgehead atoms. The van der Waals surface area contributed by atoms with Crippen LogP contribution in [0.3, 0.4) is 0 Å². The summed E-state index contributed by atoms with van der Waals surface area (Å²) < 4.78 is 43.9. The zero-order chi connectivity index (χ0) is 24.0. The molecule has 2 N–H and O–H groups in total. The van der Waals surface area contributed by atoms with E-state index >= 15 is 0 Å². The molecule has 4 aromatic rings. The summed E-state index contributed by atoms with van der Waals surface area (Å²) in [6.45, 7) is 4.77. The van der Waals surface area contributed by atoms with E-state index in [2.05, 4.69) is 30.1 Å². The molecule has 1 aliphatic rings. The molecule has 2 atom stereocenters. The van der Waals surface area contributed by atoms with Crippen molar-refractivity contribution in [3.63, 3.8) is 0 Å². The van der Waals surface area contributed by atoms with Crippen LogP contribution in [0.15, 0.2) is 53.6 Å². The smallest absolute Gasteiger partial charge is 0.326 e. The first-order valence-corrected chi connectivity index (χ1v) is 12.1. The average molecular weight is 523 g/mol. The highest BCUT2D eigenvalue weighted by atomic mass is 35.5. The zero-order valence-electron chi connectivity index (χ0n) is 19.2. The first kappa shape index (κ1) is 25.7. The number of hydrogen-bond donors (Lipinski definition) is 1. The molecule has 4 heterocycles. The molecule has 1 saturated heterocycles. The van der Waals surface area contributed by atoms with Crippen LogP contribution in [0.25, 0.3) is 28.1 Å². The molecule has 186 valence electrons. The van der Waals surface area contributed by atoms with Crippen LogP contribution < -0.4 is 5.73 Å². The topological polar surface area (TPSA) is 72.3 Å². The Morgan fingerprint density at radius 3 is 2.54 bits per heavy atom. The number of nitrogens with two attached hydrogens (primary N) is 1. The maximum absolute atomic E-state index is 14.1. The van der Waals surface area contributed by atoms with Gasteiger partial charge in [0.15, 0.2) is 11.5 Å². The van der Waals surface area contributed by atoms with Crippen LogP contribution >= 0.6 is 24.2 Å². The van der Waals surface area contributed by atoms with Gasteiger partial charge >= 0.3 is 6.18 Å². The van der Waals surface area contributed by atoms with Gasteiger partial charge in [-0.2, -0.15) is 13.2 Å². The van der Waals surface area contributed by atoms with Crippen molar-refractivity contribution in [3.05, 3.63) is 54.2 Å². The van der Waals surface area contributed by atoms with Crippen LogP contribution in [0.1, 0.15) is 31.9 Å². The van der Waals surface area contributed by atoms with Crippen molar-refractivity contribution < 1.29 is 13.2 Å². The minimum Gasteiger partial charge on any atom is -0.326 e. The Morgan fingerprint density at radius 2 is 1.86 bits per heavy atom. The molecule has 0 saturated carbocycles. The lowest BCUT2D eigenvalue weighted by Gasteiger charge is -2.30. The van der Waals surface area contributed by atoms with Gasteiger partial charge in [-0.15, -0.1) is 34.4 Å². The van der Waals surface area contributed by atoms with Gasteiger partial charge in [0.1, 0.15) is 11.7 Å². The van der Waals surface area contributed by atoms with Crippen molar-refractivity contribution in [2.45, 2.75) is 48.7 Å². The van der Waals surface area contributed by atoms with Crippen molar-refractivity contribution >= 4 is 40.7 Å². The standard InChI is InChI=1S/C24H25F3N6S.ClH/c1-14(2)34-18-6-3-15-4-7-19(29-20(15)11-18)23-31-30-21-8-5-16(12-33(21)23)22(24(25,26)27)32-10-9-17(28)13-32;/h3-8,11-12,14,17,22H,9-10,13,28H2,1-2H3;1H/t17?,22-;/m1./s1. The third-order valence-corrected chi connectivity index (χ3v) is 6.93. The van der Waals surface area contributed by atoms with Gasteiger partial charge in [-0.3, -0.25) is 9.30 Å². The molecular formula is C24H26ClF3N6S. The summed E-state index contributed by atoms with van der Waals surface area (Å²) in [5.41, 5.74) is 7.84. The number of fused-ring (bicyclic) bond motifs is 2. The van der Waals surface area contributed by atoms with Crippen molar-refractivity contribution in [1.82, 2.24) is 24.5 Å². The summed E-state index contributed by atoms with van der Waals surface area (Å²) in [6.07, 6.45) is -2.41. The number of halogens is 4. The number of benzene rings is 1. The maximum atomic E-state index is 14.1. The molecule has 0 aliphatic carbocycles. The van der Waals surface area contributed by atoms with Crippen LogP contribution in [-0.4, -0.2) is 55.0 Å². The molecule has 6 nitrogen and oxygen atoms in total. The highest BCUT2D eigenvalue weighted by Crippen LogP contribution is 2.39. The second-order valence-corrected chi connectivity index (χ2v) is 10.6. The normalized spacial score (nSPS) is 17.9. The summed E-state index contributed by atoms with van der Waals surface area (Å²) >= 11 is 1.75. The molecule has 11 heteroatoms. The van der Waals surface area contributed by atoms with Gasteiger partial charge < -0.3 is 5.73 Å². The number of hydrogen-bond acceptors (Lipinski definition) is 6. The molecule has 3 aromatic heterocycles. The van der Waals surface area contributed by atoms with Crippen molar-refractivity contribution in [3.8, 4) is 11.5 Å². The van der Waals surface area contributed by atoms with Gasteiger partial charge in [0.2, 0.25) is 0 Å². The fourth-order valence-electron chi connectivity index (χ4n) is 4.47. The third kappa shape index (κ3) is 5.25. The predicted octanol–water partition coefficient (Wildman–Crippen LogP) is 5.50. The first-order chi connectivity index (χ1) is 16.2.